The normalized spacial score (nSPS) is 13.0. The van der Waals surface area contributed by atoms with Crippen LogP contribution in [0.2, 0.25) is 0 Å². The predicted molar refractivity (Wildman–Crippen MR) is 75.0 cm³/mol. The van der Waals surface area contributed by atoms with E-state index in [0.717, 1.165) is 12.5 Å². The van der Waals surface area contributed by atoms with Gasteiger partial charge in [-0.25, -0.2) is 0 Å². The van der Waals surface area contributed by atoms with Gasteiger partial charge in [0.05, 0.1) is 0 Å². The van der Waals surface area contributed by atoms with Gasteiger partial charge < -0.3 is 11.1 Å². The molecule has 3 N–H and O–H groups in total. The summed E-state index contributed by atoms with van der Waals surface area (Å²) in [6.07, 6.45) is 2.46. The van der Waals surface area contributed by atoms with Crippen LogP contribution in [0.3, 0.4) is 0 Å². The molecule has 2 heteroatoms. The lowest BCUT2D eigenvalue weighted by Gasteiger charge is -2.21. The predicted octanol–water partition coefficient (Wildman–Crippen LogP) is 3.02. The van der Waals surface area contributed by atoms with E-state index in [-0.39, 0.29) is 6.04 Å². The molecule has 0 saturated heterocycles. The Morgan fingerprint density at radius 2 is 1.71 bits per heavy atom. The number of aryl methyl sites for hydroxylation is 1. The molecule has 1 aromatic rings. The molecule has 2 nitrogen and oxygen atoms in total. The fraction of sp³-hybridized carbons (Fsp3) is 0.600. The standard InChI is InChI=1S/C15H26N2/c1-4-13(5-2)11-17-15(10-16)14-8-6-12(3)7-9-14/h6-9,13,15,17H,4-5,10-11,16H2,1-3H3. The van der Waals surface area contributed by atoms with Gasteiger partial charge in [-0.2, -0.15) is 0 Å². The zero-order valence-electron chi connectivity index (χ0n) is 11.4. The van der Waals surface area contributed by atoms with E-state index in [1.807, 2.05) is 0 Å². The van der Waals surface area contributed by atoms with Gasteiger partial charge in [0, 0.05) is 12.6 Å². The maximum atomic E-state index is 5.85. The van der Waals surface area contributed by atoms with Crippen molar-refractivity contribution in [3.8, 4) is 0 Å². The molecule has 1 unspecified atom stereocenters. The van der Waals surface area contributed by atoms with Gasteiger partial charge in [0.2, 0.25) is 0 Å². The van der Waals surface area contributed by atoms with Crippen molar-refractivity contribution in [1.82, 2.24) is 5.32 Å². The van der Waals surface area contributed by atoms with E-state index < -0.39 is 0 Å². The summed E-state index contributed by atoms with van der Waals surface area (Å²) in [5.41, 5.74) is 8.44. The molecule has 1 aromatic carbocycles. The molecule has 0 saturated carbocycles. The van der Waals surface area contributed by atoms with Crippen LogP contribution in [0.25, 0.3) is 0 Å². The van der Waals surface area contributed by atoms with Crippen LogP contribution in [0, 0.1) is 12.8 Å². The maximum absolute atomic E-state index is 5.85. The third-order valence-electron chi connectivity index (χ3n) is 3.52. The van der Waals surface area contributed by atoms with E-state index in [4.69, 9.17) is 5.73 Å². The molecule has 0 fully saturated rings. The van der Waals surface area contributed by atoms with Crippen LogP contribution in [0.1, 0.15) is 43.9 Å². The van der Waals surface area contributed by atoms with Gasteiger partial charge in [-0.15, -0.1) is 0 Å². The Hall–Kier alpha value is -0.860. The maximum Gasteiger partial charge on any atom is 0.0444 e. The molecule has 0 amide bonds. The minimum absolute atomic E-state index is 0.288. The van der Waals surface area contributed by atoms with E-state index in [0.29, 0.717) is 6.54 Å². The van der Waals surface area contributed by atoms with Crippen LogP contribution in [-0.4, -0.2) is 13.1 Å². The highest BCUT2D eigenvalue weighted by Crippen LogP contribution is 2.14. The van der Waals surface area contributed by atoms with E-state index in [9.17, 15) is 0 Å². The number of rotatable bonds is 7. The molecule has 0 heterocycles. The van der Waals surface area contributed by atoms with Gasteiger partial charge >= 0.3 is 0 Å². The summed E-state index contributed by atoms with van der Waals surface area (Å²) in [7, 11) is 0. The lowest BCUT2D eigenvalue weighted by molar-refractivity contribution is 0.414. The molecule has 0 aliphatic rings. The second-order valence-electron chi connectivity index (χ2n) is 4.79. The van der Waals surface area contributed by atoms with E-state index in [1.54, 1.807) is 0 Å². The van der Waals surface area contributed by atoms with Gasteiger partial charge in [0.1, 0.15) is 0 Å². The summed E-state index contributed by atoms with van der Waals surface area (Å²) in [6.45, 7) is 8.32. The number of nitrogens with two attached hydrogens (primary N) is 1. The fourth-order valence-electron chi connectivity index (χ4n) is 2.02. The Morgan fingerprint density at radius 3 is 2.18 bits per heavy atom. The first-order chi connectivity index (χ1) is 8.21. The molecule has 0 aromatic heterocycles. The molecule has 0 bridgehead atoms. The lowest BCUT2D eigenvalue weighted by atomic mass is 10.0. The van der Waals surface area contributed by atoms with E-state index in [1.165, 1.54) is 24.0 Å². The number of nitrogens with one attached hydrogen (secondary N) is 1. The molecule has 96 valence electrons. The largest absolute Gasteiger partial charge is 0.329 e. The topological polar surface area (TPSA) is 38.0 Å². The summed E-state index contributed by atoms with van der Waals surface area (Å²) in [5.74, 6) is 0.759. The first kappa shape index (κ1) is 14.2. The Balaban J connectivity index is 2.56. The molecule has 0 aliphatic heterocycles. The van der Waals surface area contributed by atoms with Crippen LogP contribution in [0.15, 0.2) is 24.3 Å². The second-order valence-corrected chi connectivity index (χ2v) is 4.79. The van der Waals surface area contributed by atoms with Crippen LogP contribution < -0.4 is 11.1 Å². The average Bonchev–Trinajstić information content (AvgIpc) is 2.36. The lowest BCUT2D eigenvalue weighted by Crippen LogP contribution is -2.32. The Morgan fingerprint density at radius 1 is 1.12 bits per heavy atom. The Labute approximate surface area is 106 Å². The van der Waals surface area contributed by atoms with Crippen LogP contribution in [0.5, 0.6) is 0 Å². The SMILES string of the molecule is CCC(CC)CNC(CN)c1ccc(C)cc1. The van der Waals surface area contributed by atoms with Gasteiger partial charge in [-0.05, 0) is 24.9 Å². The zero-order valence-corrected chi connectivity index (χ0v) is 11.4. The van der Waals surface area contributed by atoms with Crippen LogP contribution in [0.4, 0.5) is 0 Å². The summed E-state index contributed by atoms with van der Waals surface area (Å²) in [4.78, 5) is 0. The Kier molecular flexibility index (Phi) is 6.23. The number of benzene rings is 1. The van der Waals surface area contributed by atoms with Gasteiger partial charge in [0.15, 0.2) is 0 Å². The molecule has 1 rings (SSSR count). The van der Waals surface area contributed by atoms with E-state index in [2.05, 4.69) is 50.4 Å². The summed E-state index contributed by atoms with van der Waals surface area (Å²) in [6, 6.07) is 8.93. The highest BCUT2D eigenvalue weighted by atomic mass is 14.9. The molecular formula is C15H26N2. The number of hydrogen-bond donors (Lipinski definition) is 2. The van der Waals surface area contributed by atoms with Gasteiger partial charge in [-0.3, -0.25) is 0 Å². The van der Waals surface area contributed by atoms with E-state index >= 15 is 0 Å². The minimum Gasteiger partial charge on any atom is -0.329 e. The molecule has 0 spiro atoms. The quantitative estimate of drug-likeness (QED) is 0.761. The third kappa shape index (κ3) is 4.49. The highest BCUT2D eigenvalue weighted by Gasteiger charge is 2.11. The first-order valence-electron chi connectivity index (χ1n) is 6.71. The molecule has 17 heavy (non-hydrogen) atoms. The Bertz CT molecular complexity index is 301. The van der Waals surface area contributed by atoms with Crippen LogP contribution >= 0.6 is 0 Å². The smallest absolute Gasteiger partial charge is 0.0444 e. The van der Waals surface area contributed by atoms with Gasteiger partial charge in [0.25, 0.3) is 0 Å². The average molecular weight is 234 g/mol. The van der Waals surface area contributed by atoms with Crippen molar-refractivity contribution in [2.75, 3.05) is 13.1 Å². The van der Waals surface area contributed by atoms with Crippen molar-refractivity contribution in [3.05, 3.63) is 35.4 Å². The monoisotopic (exact) mass is 234 g/mol. The molecular weight excluding hydrogens is 208 g/mol. The van der Waals surface area contributed by atoms with Crippen molar-refractivity contribution >= 4 is 0 Å². The van der Waals surface area contributed by atoms with Crippen molar-refractivity contribution in [2.45, 2.75) is 39.7 Å². The minimum atomic E-state index is 0.288. The van der Waals surface area contributed by atoms with Crippen molar-refractivity contribution < 1.29 is 0 Å². The summed E-state index contributed by atoms with van der Waals surface area (Å²) in [5, 5.41) is 3.58. The first-order valence-corrected chi connectivity index (χ1v) is 6.71. The zero-order chi connectivity index (χ0) is 12.7. The second kappa shape index (κ2) is 7.46. The molecule has 1 atom stereocenters. The number of hydrogen-bond acceptors (Lipinski definition) is 2. The van der Waals surface area contributed by atoms with Crippen molar-refractivity contribution in [2.24, 2.45) is 11.7 Å². The molecule has 0 radical (unpaired) electrons. The third-order valence-corrected chi connectivity index (χ3v) is 3.52. The summed E-state index contributed by atoms with van der Waals surface area (Å²) >= 11 is 0. The van der Waals surface area contributed by atoms with Gasteiger partial charge in [-0.1, -0.05) is 56.5 Å². The van der Waals surface area contributed by atoms with Crippen molar-refractivity contribution in [1.29, 1.82) is 0 Å². The highest BCUT2D eigenvalue weighted by molar-refractivity contribution is 5.24. The summed E-state index contributed by atoms with van der Waals surface area (Å²) < 4.78 is 0. The molecule has 0 aliphatic carbocycles. The van der Waals surface area contributed by atoms with Crippen LogP contribution in [-0.2, 0) is 0 Å². The fourth-order valence-corrected chi connectivity index (χ4v) is 2.02. The van der Waals surface area contributed by atoms with Crippen molar-refractivity contribution in [3.63, 3.8) is 0 Å².